The minimum atomic E-state index is 0. The molecule has 0 aliphatic heterocycles. The second kappa shape index (κ2) is 10.8. The third-order valence-corrected chi connectivity index (χ3v) is 3.95. The standard InChI is InChI=1S/C14H19N3OS.2ClH/c15-9-10-16-13(18)7-3-4-8-14-17-11-5-1-2-6-12(11)19-14;;/h1-2,5-6H,3-4,7-10,15H2,(H,16,18);2*1H. The van der Waals surface area contributed by atoms with Gasteiger partial charge in [-0.05, 0) is 31.4 Å². The van der Waals surface area contributed by atoms with E-state index in [4.69, 9.17) is 5.73 Å². The Morgan fingerprint density at radius 1 is 1.24 bits per heavy atom. The fourth-order valence-corrected chi connectivity index (χ4v) is 2.90. The highest BCUT2D eigenvalue weighted by molar-refractivity contribution is 7.18. The smallest absolute Gasteiger partial charge is 0.220 e. The van der Waals surface area contributed by atoms with E-state index in [-0.39, 0.29) is 30.7 Å². The van der Waals surface area contributed by atoms with E-state index in [1.807, 2.05) is 18.2 Å². The first-order valence-corrected chi connectivity index (χ1v) is 7.42. The highest BCUT2D eigenvalue weighted by Gasteiger charge is 2.04. The summed E-state index contributed by atoms with van der Waals surface area (Å²) >= 11 is 1.74. The van der Waals surface area contributed by atoms with E-state index in [9.17, 15) is 4.79 Å². The summed E-state index contributed by atoms with van der Waals surface area (Å²) in [5.74, 6) is 0.0924. The molecule has 1 aromatic heterocycles. The lowest BCUT2D eigenvalue weighted by Gasteiger charge is -2.02. The molecule has 0 unspecified atom stereocenters. The largest absolute Gasteiger partial charge is 0.355 e. The third-order valence-electron chi connectivity index (χ3n) is 2.85. The molecule has 1 aromatic carbocycles. The first kappa shape index (κ1) is 20.1. The summed E-state index contributed by atoms with van der Waals surface area (Å²) in [5.41, 5.74) is 6.40. The summed E-state index contributed by atoms with van der Waals surface area (Å²) < 4.78 is 1.23. The average molecular weight is 350 g/mol. The molecular weight excluding hydrogens is 329 g/mol. The van der Waals surface area contributed by atoms with Crippen LogP contribution in [0.15, 0.2) is 24.3 Å². The van der Waals surface area contributed by atoms with E-state index >= 15 is 0 Å². The molecule has 2 rings (SSSR count). The van der Waals surface area contributed by atoms with Gasteiger partial charge in [-0.2, -0.15) is 0 Å². The summed E-state index contributed by atoms with van der Waals surface area (Å²) in [6.07, 6.45) is 3.41. The van der Waals surface area contributed by atoms with Crippen LogP contribution < -0.4 is 11.1 Å². The van der Waals surface area contributed by atoms with Crippen molar-refractivity contribution in [3.8, 4) is 0 Å². The van der Waals surface area contributed by atoms with Gasteiger partial charge in [-0.15, -0.1) is 36.2 Å². The predicted octanol–water partition coefficient (Wildman–Crippen LogP) is 2.93. The number of rotatable bonds is 7. The Bertz CT molecular complexity index is 515. The molecule has 7 heteroatoms. The van der Waals surface area contributed by atoms with Gasteiger partial charge in [-0.1, -0.05) is 12.1 Å². The van der Waals surface area contributed by atoms with Crippen molar-refractivity contribution in [3.63, 3.8) is 0 Å². The number of halogens is 2. The van der Waals surface area contributed by atoms with Crippen molar-refractivity contribution < 1.29 is 4.79 Å². The maximum absolute atomic E-state index is 11.4. The molecule has 0 saturated carbocycles. The minimum Gasteiger partial charge on any atom is -0.355 e. The van der Waals surface area contributed by atoms with Crippen molar-refractivity contribution in [3.05, 3.63) is 29.3 Å². The number of nitrogens with one attached hydrogen (secondary N) is 1. The molecule has 0 bridgehead atoms. The van der Waals surface area contributed by atoms with Crippen molar-refractivity contribution in [1.29, 1.82) is 0 Å². The van der Waals surface area contributed by atoms with Gasteiger partial charge < -0.3 is 11.1 Å². The summed E-state index contributed by atoms with van der Waals surface area (Å²) in [6.45, 7) is 1.06. The zero-order valence-electron chi connectivity index (χ0n) is 11.7. The number of unbranched alkanes of at least 4 members (excludes halogenated alkanes) is 1. The van der Waals surface area contributed by atoms with Crippen molar-refractivity contribution in [2.45, 2.75) is 25.7 Å². The van der Waals surface area contributed by atoms with Crippen molar-refractivity contribution in [1.82, 2.24) is 10.3 Å². The van der Waals surface area contributed by atoms with Crippen LogP contribution in [-0.4, -0.2) is 24.0 Å². The average Bonchev–Trinajstić information content (AvgIpc) is 2.84. The third kappa shape index (κ3) is 6.61. The van der Waals surface area contributed by atoms with Gasteiger partial charge in [0.15, 0.2) is 0 Å². The molecule has 1 amide bonds. The van der Waals surface area contributed by atoms with Crippen LogP contribution in [0.1, 0.15) is 24.3 Å². The van der Waals surface area contributed by atoms with Gasteiger partial charge in [-0.25, -0.2) is 4.98 Å². The number of hydrogen-bond donors (Lipinski definition) is 2. The van der Waals surface area contributed by atoms with E-state index in [1.54, 1.807) is 11.3 Å². The second-order valence-electron chi connectivity index (χ2n) is 4.42. The summed E-state index contributed by atoms with van der Waals surface area (Å²) in [5, 5.41) is 3.93. The number of amides is 1. The lowest BCUT2D eigenvalue weighted by molar-refractivity contribution is -0.121. The van der Waals surface area contributed by atoms with Crippen LogP contribution in [0.2, 0.25) is 0 Å². The highest BCUT2D eigenvalue weighted by Crippen LogP contribution is 2.22. The molecule has 0 radical (unpaired) electrons. The molecule has 4 nitrogen and oxygen atoms in total. The normalized spacial score (nSPS) is 9.76. The molecule has 118 valence electrons. The number of aromatic nitrogens is 1. The molecular formula is C14H21Cl2N3OS. The molecule has 0 aliphatic carbocycles. The number of para-hydroxylation sites is 1. The topological polar surface area (TPSA) is 68.0 Å². The lowest BCUT2D eigenvalue weighted by Crippen LogP contribution is -2.28. The first-order chi connectivity index (χ1) is 9.29. The van der Waals surface area contributed by atoms with Crippen LogP contribution in [0.4, 0.5) is 0 Å². The van der Waals surface area contributed by atoms with Crippen LogP contribution in [0.5, 0.6) is 0 Å². The molecule has 2 aromatic rings. The molecule has 0 atom stereocenters. The number of carbonyl (C=O) groups is 1. The Morgan fingerprint density at radius 2 is 2.00 bits per heavy atom. The molecule has 0 saturated heterocycles. The molecule has 21 heavy (non-hydrogen) atoms. The van der Waals surface area contributed by atoms with E-state index in [0.717, 1.165) is 29.8 Å². The zero-order valence-corrected chi connectivity index (χ0v) is 14.2. The number of aryl methyl sites for hydroxylation is 1. The fourth-order valence-electron chi connectivity index (χ4n) is 1.89. The van der Waals surface area contributed by atoms with Gasteiger partial charge in [-0.3, -0.25) is 4.79 Å². The van der Waals surface area contributed by atoms with Crippen LogP contribution in [-0.2, 0) is 11.2 Å². The van der Waals surface area contributed by atoms with Gasteiger partial charge in [0, 0.05) is 19.5 Å². The van der Waals surface area contributed by atoms with Crippen molar-refractivity contribution in [2.24, 2.45) is 5.73 Å². The Balaban J connectivity index is 0.00000200. The van der Waals surface area contributed by atoms with Crippen molar-refractivity contribution >= 4 is 52.3 Å². The summed E-state index contributed by atoms with van der Waals surface area (Å²) in [7, 11) is 0. The highest BCUT2D eigenvalue weighted by atomic mass is 35.5. The maximum Gasteiger partial charge on any atom is 0.220 e. The lowest BCUT2D eigenvalue weighted by atomic mass is 10.2. The van der Waals surface area contributed by atoms with E-state index in [2.05, 4.69) is 16.4 Å². The fraction of sp³-hybridized carbons (Fsp3) is 0.429. The summed E-state index contributed by atoms with van der Waals surface area (Å²) in [4.78, 5) is 16.0. The van der Waals surface area contributed by atoms with Crippen molar-refractivity contribution in [2.75, 3.05) is 13.1 Å². The number of thiazole rings is 1. The van der Waals surface area contributed by atoms with Crippen LogP contribution in [0.25, 0.3) is 10.2 Å². The minimum absolute atomic E-state index is 0. The second-order valence-corrected chi connectivity index (χ2v) is 5.54. The van der Waals surface area contributed by atoms with Gasteiger partial charge in [0.05, 0.1) is 15.2 Å². The quantitative estimate of drug-likeness (QED) is 0.755. The van der Waals surface area contributed by atoms with E-state index < -0.39 is 0 Å². The Kier molecular flexibility index (Phi) is 10.3. The summed E-state index contributed by atoms with van der Waals surface area (Å²) in [6, 6.07) is 8.17. The van der Waals surface area contributed by atoms with E-state index in [0.29, 0.717) is 19.5 Å². The number of nitrogens with zero attached hydrogens (tertiary/aromatic N) is 1. The molecule has 3 N–H and O–H groups in total. The van der Waals surface area contributed by atoms with Gasteiger partial charge in [0.1, 0.15) is 0 Å². The first-order valence-electron chi connectivity index (χ1n) is 6.61. The predicted molar refractivity (Wildman–Crippen MR) is 93.7 cm³/mol. The van der Waals surface area contributed by atoms with Gasteiger partial charge in [0.25, 0.3) is 0 Å². The Hall–Kier alpha value is -0.880. The van der Waals surface area contributed by atoms with E-state index in [1.165, 1.54) is 4.70 Å². The molecule has 0 spiro atoms. The number of nitrogens with two attached hydrogens (primary N) is 1. The number of benzene rings is 1. The molecule has 0 fully saturated rings. The Labute approximate surface area is 141 Å². The van der Waals surface area contributed by atoms with Crippen LogP contribution in [0.3, 0.4) is 0 Å². The monoisotopic (exact) mass is 349 g/mol. The number of hydrogen-bond acceptors (Lipinski definition) is 4. The van der Waals surface area contributed by atoms with Gasteiger partial charge >= 0.3 is 0 Å². The van der Waals surface area contributed by atoms with Gasteiger partial charge in [0.2, 0.25) is 5.91 Å². The van der Waals surface area contributed by atoms with Crippen LogP contribution in [0, 0.1) is 0 Å². The number of carbonyl (C=O) groups excluding carboxylic acids is 1. The Morgan fingerprint density at radius 3 is 2.71 bits per heavy atom. The zero-order chi connectivity index (χ0) is 13.5. The maximum atomic E-state index is 11.4. The SMILES string of the molecule is Cl.Cl.NCCNC(=O)CCCCc1nc2ccccc2s1. The van der Waals surface area contributed by atoms with Crippen LogP contribution >= 0.6 is 36.2 Å². The molecule has 0 aliphatic rings. The molecule has 1 heterocycles. The number of fused-ring (bicyclic) bond motifs is 1.